The SMILES string of the molecule is CCOc1ccc(/C=N/n2c(N)c(C(=O)NC(C)CC)c3nc4ccccc4nc32)cc1. The monoisotopic (exact) mass is 430 g/mol. The Morgan fingerprint density at radius 1 is 1.16 bits per heavy atom. The smallest absolute Gasteiger partial charge is 0.257 e. The van der Waals surface area contributed by atoms with E-state index in [4.69, 9.17) is 15.5 Å². The van der Waals surface area contributed by atoms with Gasteiger partial charge in [0.15, 0.2) is 5.65 Å². The van der Waals surface area contributed by atoms with Gasteiger partial charge >= 0.3 is 0 Å². The number of benzene rings is 2. The molecule has 2 aromatic heterocycles. The normalized spacial score (nSPS) is 12.5. The predicted molar refractivity (Wildman–Crippen MR) is 127 cm³/mol. The molecule has 1 unspecified atom stereocenters. The summed E-state index contributed by atoms with van der Waals surface area (Å²) in [6.07, 6.45) is 2.47. The highest BCUT2D eigenvalue weighted by molar-refractivity contribution is 6.10. The van der Waals surface area contributed by atoms with E-state index >= 15 is 0 Å². The minimum atomic E-state index is -0.290. The third-order valence-electron chi connectivity index (χ3n) is 5.20. The van der Waals surface area contributed by atoms with Gasteiger partial charge in [0.05, 0.1) is 23.9 Å². The van der Waals surface area contributed by atoms with E-state index in [0.717, 1.165) is 17.7 Å². The molecule has 1 atom stereocenters. The van der Waals surface area contributed by atoms with Crippen LogP contribution in [0.5, 0.6) is 5.75 Å². The van der Waals surface area contributed by atoms with E-state index in [9.17, 15) is 4.79 Å². The van der Waals surface area contributed by atoms with Gasteiger partial charge in [0.1, 0.15) is 22.6 Å². The Bertz CT molecular complexity index is 1290. The molecule has 2 aromatic carbocycles. The molecule has 8 heteroatoms. The third-order valence-corrected chi connectivity index (χ3v) is 5.20. The van der Waals surface area contributed by atoms with Crippen LogP contribution in [-0.4, -0.2) is 39.4 Å². The summed E-state index contributed by atoms with van der Waals surface area (Å²) in [4.78, 5) is 22.4. The van der Waals surface area contributed by atoms with Crippen LogP contribution in [0.4, 0.5) is 5.82 Å². The summed E-state index contributed by atoms with van der Waals surface area (Å²) >= 11 is 0. The molecule has 8 nitrogen and oxygen atoms in total. The van der Waals surface area contributed by atoms with E-state index in [1.807, 2.05) is 69.3 Å². The highest BCUT2D eigenvalue weighted by atomic mass is 16.5. The largest absolute Gasteiger partial charge is 0.494 e. The van der Waals surface area contributed by atoms with Gasteiger partial charge < -0.3 is 15.8 Å². The maximum absolute atomic E-state index is 13.0. The molecule has 0 fully saturated rings. The van der Waals surface area contributed by atoms with Crippen LogP contribution in [-0.2, 0) is 0 Å². The molecule has 32 heavy (non-hydrogen) atoms. The number of hydrogen-bond acceptors (Lipinski definition) is 6. The maximum atomic E-state index is 13.0. The Labute approximate surface area is 186 Å². The van der Waals surface area contributed by atoms with Crippen molar-refractivity contribution in [1.82, 2.24) is 20.0 Å². The van der Waals surface area contributed by atoms with Crippen molar-refractivity contribution in [3.8, 4) is 5.75 Å². The number of anilines is 1. The third kappa shape index (κ3) is 4.12. The molecule has 4 rings (SSSR count). The van der Waals surface area contributed by atoms with Gasteiger partial charge in [-0.15, -0.1) is 0 Å². The van der Waals surface area contributed by atoms with Crippen LogP contribution < -0.4 is 15.8 Å². The summed E-state index contributed by atoms with van der Waals surface area (Å²) in [6.45, 7) is 6.49. The van der Waals surface area contributed by atoms with Crippen LogP contribution in [0.15, 0.2) is 53.6 Å². The van der Waals surface area contributed by atoms with Crippen molar-refractivity contribution in [2.45, 2.75) is 33.2 Å². The molecule has 3 N–H and O–H groups in total. The van der Waals surface area contributed by atoms with E-state index in [1.165, 1.54) is 4.68 Å². The molecule has 0 bridgehead atoms. The molecule has 0 saturated heterocycles. The number of nitrogen functional groups attached to an aromatic ring is 1. The van der Waals surface area contributed by atoms with Crippen LogP contribution in [0, 0.1) is 0 Å². The van der Waals surface area contributed by atoms with Gasteiger partial charge in [-0.2, -0.15) is 9.78 Å². The van der Waals surface area contributed by atoms with Crippen molar-refractivity contribution in [2.75, 3.05) is 12.3 Å². The Balaban J connectivity index is 1.82. The number of rotatable bonds is 7. The summed E-state index contributed by atoms with van der Waals surface area (Å²) < 4.78 is 6.95. The number of amides is 1. The van der Waals surface area contributed by atoms with Crippen LogP contribution in [0.3, 0.4) is 0 Å². The molecule has 0 aliphatic rings. The first kappa shape index (κ1) is 21.3. The molecule has 4 aromatic rings. The average Bonchev–Trinajstić information content (AvgIpc) is 3.07. The molecule has 0 aliphatic carbocycles. The lowest BCUT2D eigenvalue weighted by Gasteiger charge is -2.11. The Morgan fingerprint density at radius 3 is 2.50 bits per heavy atom. The first-order valence-electron chi connectivity index (χ1n) is 10.7. The van der Waals surface area contributed by atoms with Crippen molar-refractivity contribution in [2.24, 2.45) is 5.10 Å². The van der Waals surface area contributed by atoms with Gasteiger partial charge in [-0.3, -0.25) is 4.79 Å². The zero-order chi connectivity index (χ0) is 22.7. The van der Waals surface area contributed by atoms with Gasteiger partial charge in [-0.25, -0.2) is 9.97 Å². The number of fused-ring (bicyclic) bond motifs is 2. The van der Waals surface area contributed by atoms with E-state index in [0.29, 0.717) is 28.8 Å². The van der Waals surface area contributed by atoms with Crippen molar-refractivity contribution >= 4 is 40.1 Å². The van der Waals surface area contributed by atoms with Crippen LogP contribution >= 0.6 is 0 Å². The number of ether oxygens (including phenoxy) is 1. The molecule has 0 radical (unpaired) electrons. The van der Waals surface area contributed by atoms with Gasteiger partial charge in [0.2, 0.25) is 0 Å². The van der Waals surface area contributed by atoms with Gasteiger partial charge in [0, 0.05) is 6.04 Å². The standard InChI is InChI=1S/C24H26N6O2/c1-4-15(3)27-24(31)20-21-23(29-19-9-7-6-8-18(19)28-21)30(22(20)25)26-14-16-10-12-17(13-11-16)32-5-2/h6-15H,4-5,25H2,1-3H3,(H,27,31)/b26-14+. The lowest BCUT2D eigenvalue weighted by atomic mass is 10.2. The predicted octanol–water partition coefficient (Wildman–Crippen LogP) is 3.98. The van der Waals surface area contributed by atoms with E-state index in [1.54, 1.807) is 6.21 Å². The number of carbonyl (C=O) groups excluding carboxylic acids is 1. The number of aromatic nitrogens is 3. The number of hydrogen-bond donors (Lipinski definition) is 2. The zero-order valence-corrected chi connectivity index (χ0v) is 18.4. The second-order valence-electron chi connectivity index (χ2n) is 7.49. The number of nitrogens with two attached hydrogens (primary N) is 1. The molecular weight excluding hydrogens is 404 g/mol. The quantitative estimate of drug-likeness (QED) is 0.431. The fourth-order valence-electron chi connectivity index (χ4n) is 3.33. The molecule has 0 aliphatic heterocycles. The molecule has 0 saturated carbocycles. The van der Waals surface area contributed by atoms with E-state index in [2.05, 4.69) is 15.4 Å². The molecule has 0 spiro atoms. The first-order chi connectivity index (χ1) is 15.5. The molecule has 1 amide bonds. The van der Waals surface area contributed by atoms with E-state index < -0.39 is 0 Å². The van der Waals surface area contributed by atoms with E-state index in [-0.39, 0.29) is 23.3 Å². The Hall–Kier alpha value is -3.94. The van der Waals surface area contributed by atoms with Crippen LogP contribution in [0.25, 0.3) is 22.2 Å². The minimum absolute atomic E-state index is 0.000992. The van der Waals surface area contributed by atoms with Crippen LogP contribution in [0.1, 0.15) is 43.1 Å². The second-order valence-corrected chi connectivity index (χ2v) is 7.49. The number of nitrogens with zero attached hydrogens (tertiary/aromatic N) is 4. The highest BCUT2D eigenvalue weighted by Crippen LogP contribution is 2.28. The molecule has 2 heterocycles. The topological polar surface area (TPSA) is 107 Å². The summed E-state index contributed by atoms with van der Waals surface area (Å²) in [7, 11) is 0. The van der Waals surface area contributed by atoms with Gasteiger partial charge in [-0.05, 0) is 62.2 Å². The first-order valence-corrected chi connectivity index (χ1v) is 10.7. The Morgan fingerprint density at radius 2 is 1.84 bits per heavy atom. The maximum Gasteiger partial charge on any atom is 0.257 e. The second kappa shape index (κ2) is 9.05. The average molecular weight is 431 g/mol. The number of nitrogens with one attached hydrogen (secondary N) is 1. The van der Waals surface area contributed by atoms with Crippen molar-refractivity contribution in [1.29, 1.82) is 0 Å². The fourth-order valence-corrected chi connectivity index (χ4v) is 3.33. The fraction of sp³-hybridized carbons (Fsp3) is 0.250. The summed E-state index contributed by atoms with van der Waals surface area (Å²) in [5, 5.41) is 7.50. The van der Waals surface area contributed by atoms with Gasteiger partial charge in [-0.1, -0.05) is 19.1 Å². The van der Waals surface area contributed by atoms with Gasteiger partial charge in [0.25, 0.3) is 5.91 Å². The summed E-state index contributed by atoms with van der Waals surface area (Å²) in [5.74, 6) is 0.691. The number of carbonyl (C=O) groups is 1. The lowest BCUT2D eigenvalue weighted by molar-refractivity contribution is 0.0941. The van der Waals surface area contributed by atoms with Crippen molar-refractivity contribution < 1.29 is 9.53 Å². The Kier molecular flexibility index (Phi) is 6.02. The zero-order valence-electron chi connectivity index (χ0n) is 18.4. The molecular formula is C24H26N6O2. The minimum Gasteiger partial charge on any atom is -0.494 e. The summed E-state index contributed by atoms with van der Waals surface area (Å²) in [5.41, 5.74) is 9.78. The van der Waals surface area contributed by atoms with Crippen molar-refractivity contribution in [3.63, 3.8) is 0 Å². The summed E-state index contributed by atoms with van der Waals surface area (Å²) in [6, 6.07) is 15.0. The van der Waals surface area contributed by atoms with Crippen LogP contribution in [0.2, 0.25) is 0 Å². The highest BCUT2D eigenvalue weighted by Gasteiger charge is 2.24. The lowest BCUT2D eigenvalue weighted by Crippen LogP contribution is -2.32. The number of para-hydroxylation sites is 2. The van der Waals surface area contributed by atoms with Crippen molar-refractivity contribution in [3.05, 3.63) is 59.7 Å². The molecule has 164 valence electrons.